The van der Waals surface area contributed by atoms with Crippen molar-refractivity contribution in [3.8, 4) is 5.75 Å². The second kappa shape index (κ2) is 7.92. The van der Waals surface area contributed by atoms with E-state index in [0.717, 1.165) is 12.0 Å². The number of carbonyl (C=O) groups is 1. The summed E-state index contributed by atoms with van der Waals surface area (Å²) in [5, 5.41) is 0. The minimum absolute atomic E-state index is 0.000427. The monoisotopic (exact) mass is 381 g/mol. The van der Waals surface area contributed by atoms with Gasteiger partial charge in [-0.1, -0.05) is 50.6 Å². The number of carbonyl (C=O) groups excluding carboxylic acids is 1. The average molecular weight is 381 g/mol. The Bertz CT molecular complexity index is 905. The summed E-state index contributed by atoms with van der Waals surface area (Å²) in [6.07, 6.45) is 3.20. The number of nitrogens with zero attached hydrogens (tertiary/aromatic N) is 1. The maximum Gasteiger partial charge on any atom is 0.224 e. The van der Waals surface area contributed by atoms with E-state index in [0.29, 0.717) is 31.2 Å². The van der Waals surface area contributed by atoms with Crippen molar-refractivity contribution in [2.45, 2.75) is 39.3 Å². The number of Topliss-reactive ketones (excluding diaryl/α,β-unsaturated/α-hetero) is 1. The second-order valence-electron chi connectivity index (χ2n) is 7.98. The van der Waals surface area contributed by atoms with Crippen molar-refractivity contribution < 1.29 is 14.3 Å². The van der Waals surface area contributed by atoms with Crippen LogP contribution in [0.2, 0.25) is 0 Å². The highest BCUT2D eigenvalue weighted by Gasteiger charge is 2.43. The largest absolute Gasteiger partial charge is 0.483 e. The minimum atomic E-state index is -0.243. The number of aromatic nitrogens is 1. The topological polar surface area (TPSA) is 57.5 Å². The van der Waals surface area contributed by atoms with E-state index in [4.69, 9.17) is 9.47 Å². The predicted octanol–water partition coefficient (Wildman–Crippen LogP) is 3.86. The zero-order valence-corrected chi connectivity index (χ0v) is 16.5. The Balaban J connectivity index is 1.73. The van der Waals surface area contributed by atoms with Gasteiger partial charge in [0.1, 0.15) is 12.3 Å². The van der Waals surface area contributed by atoms with E-state index in [9.17, 15) is 9.59 Å². The van der Waals surface area contributed by atoms with Crippen molar-refractivity contribution in [2.24, 2.45) is 17.8 Å². The highest BCUT2D eigenvalue weighted by Crippen LogP contribution is 2.43. The second-order valence-corrected chi connectivity index (χ2v) is 7.98. The fourth-order valence-electron chi connectivity index (χ4n) is 4.59. The van der Waals surface area contributed by atoms with E-state index in [1.54, 1.807) is 6.20 Å². The summed E-state index contributed by atoms with van der Waals surface area (Å²) in [7, 11) is 0. The molecule has 1 fully saturated rings. The highest BCUT2D eigenvalue weighted by molar-refractivity contribution is 5.97. The van der Waals surface area contributed by atoms with Crippen LogP contribution in [0.15, 0.2) is 47.4 Å². The fourth-order valence-corrected chi connectivity index (χ4v) is 4.59. The Hall–Kier alpha value is -2.40. The smallest absolute Gasteiger partial charge is 0.224 e. The SMILES string of the molecule is CCC(C)C1CC(=O)c2c(OCc3ccccc3)c(=O)ccn2C2COCC12. The first kappa shape index (κ1) is 18.9. The number of benzene rings is 1. The van der Waals surface area contributed by atoms with Gasteiger partial charge in [0.15, 0.2) is 11.5 Å². The van der Waals surface area contributed by atoms with Crippen LogP contribution < -0.4 is 10.2 Å². The van der Waals surface area contributed by atoms with Gasteiger partial charge in [-0.05, 0) is 17.4 Å². The maximum absolute atomic E-state index is 13.3. The lowest BCUT2D eigenvalue weighted by Crippen LogP contribution is -2.28. The molecule has 2 aliphatic rings. The molecule has 0 bridgehead atoms. The summed E-state index contributed by atoms with van der Waals surface area (Å²) in [6.45, 7) is 5.87. The third kappa shape index (κ3) is 3.39. The molecular formula is C23H27NO4. The van der Waals surface area contributed by atoms with Gasteiger partial charge in [-0.2, -0.15) is 0 Å². The summed E-state index contributed by atoms with van der Waals surface area (Å²) >= 11 is 0. The summed E-state index contributed by atoms with van der Waals surface area (Å²) in [5.74, 6) is 1.13. The molecule has 2 aromatic rings. The number of fused-ring (bicyclic) bond motifs is 3. The summed E-state index contributed by atoms with van der Waals surface area (Å²) < 4.78 is 13.7. The summed E-state index contributed by atoms with van der Waals surface area (Å²) in [6, 6.07) is 11.3. The molecule has 1 aromatic carbocycles. The molecule has 4 rings (SSSR count). The lowest BCUT2D eigenvalue weighted by atomic mass is 9.76. The molecule has 2 aliphatic heterocycles. The number of rotatable bonds is 5. The summed E-state index contributed by atoms with van der Waals surface area (Å²) in [5.41, 5.74) is 1.13. The van der Waals surface area contributed by atoms with Gasteiger partial charge in [0.05, 0.1) is 19.3 Å². The van der Waals surface area contributed by atoms with Crippen molar-refractivity contribution >= 4 is 5.78 Å². The van der Waals surface area contributed by atoms with Crippen molar-refractivity contribution in [2.75, 3.05) is 13.2 Å². The minimum Gasteiger partial charge on any atom is -0.483 e. The molecule has 0 amide bonds. The molecule has 0 spiro atoms. The third-order valence-corrected chi connectivity index (χ3v) is 6.37. The molecule has 4 atom stereocenters. The molecule has 5 heteroatoms. The van der Waals surface area contributed by atoms with Crippen molar-refractivity contribution in [1.82, 2.24) is 4.57 Å². The highest BCUT2D eigenvalue weighted by atomic mass is 16.5. The number of hydrogen-bond acceptors (Lipinski definition) is 4. The average Bonchev–Trinajstić information content (AvgIpc) is 3.16. The Morgan fingerprint density at radius 3 is 2.71 bits per heavy atom. The van der Waals surface area contributed by atoms with Gasteiger partial charge < -0.3 is 14.0 Å². The Labute approximate surface area is 165 Å². The van der Waals surface area contributed by atoms with E-state index >= 15 is 0 Å². The lowest BCUT2D eigenvalue weighted by molar-refractivity contribution is 0.0899. The summed E-state index contributed by atoms with van der Waals surface area (Å²) in [4.78, 5) is 25.9. The molecule has 1 aromatic heterocycles. The number of ketones is 1. The standard InChI is InChI=1S/C23H27NO4/c1-3-15(2)17-11-21(26)22-23(28-12-16-7-5-4-6-8-16)20(25)9-10-24(22)19-14-27-13-18(17)19/h4-10,15,17-19H,3,11-14H2,1-2H3. The van der Waals surface area contributed by atoms with E-state index in [1.165, 1.54) is 6.07 Å². The quantitative estimate of drug-likeness (QED) is 0.789. The molecule has 0 radical (unpaired) electrons. The van der Waals surface area contributed by atoms with Crippen molar-refractivity contribution in [3.05, 3.63) is 64.1 Å². The van der Waals surface area contributed by atoms with Crippen LogP contribution in [0.5, 0.6) is 5.75 Å². The zero-order valence-electron chi connectivity index (χ0n) is 16.5. The third-order valence-electron chi connectivity index (χ3n) is 6.37. The van der Waals surface area contributed by atoms with Crippen LogP contribution in [-0.2, 0) is 11.3 Å². The van der Waals surface area contributed by atoms with Crippen LogP contribution >= 0.6 is 0 Å². The molecule has 0 aliphatic carbocycles. The lowest BCUT2D eigenvalue weighted by Gasteiger charge is -2.29. The van der Waals surface area contributed by atoms with Gasteiger partial charge in [0.25, 0.3) is 0 Å². The Morgan fingerprint density at radius 1 is 1.18 bits per heavy atom. The molecule has 0 saturated carbocycles. The normalized spacial score (nSPS) is 24.9. The van der Waals surface area contributed by atoms with Gasteiger partial charge in [0.2, 0.25) is 5.43 Å². The van der Waals surface area contributed by atoms with E-state index in [-0.39, 0.29) is 41.4 Å². The van der Waals surface area contributed by atoms with Crippen LogP contribution in [0.4, 0.5) is 0 Å². The molecule has 28 heavy (non-hydrogen) atoms. The zero-order chi connectivity index (χ0) is 19.7. The molecule has 4 unspecified atom stereocenters. The first-order chi connectivity index (χ1) is 13.6. The molecular weight excluding hydrogens is 354 g/mol. The van der Waals surface area contributed by atoms with Gasteiger partial charge in [-0.3, -0.25) is 9.59 Å². The molecule has 1 saturated heterocycles. The number of pyridine rings is 1. The van der Waals surface area contributed by atoms with Crippen LogP contribution in [0.25, 0.3) is 0 Å². The van der Waals surface area contributed by atoms with Gasteiger partial charge in [-0.25, -0.2) is 0 Å². The van der Waals surface area contributed by atoms with Crippen LogP contribution in [0.1, 0.15) is 48.8 Å². The Kier molecular flexibility index (Phi) is 5.36. The van der Waals surface area contributed by atoms with Crippen LogP contribution in [0, 0.1) is 17.8 Å². The van der Waals surface area contributed by atoms with E-state index in [1.807, 2.05) is 34.9 Å². The molecule has 5 nitrogen and oxygen atoms in total. The predicted molar refractivity (Wildman–Crippen MR) is 107 cm³/mol. The molecule has 148 valence electrons. The maximum atomic E-state index is 13.3. The van der Waals surface area contributed by atoms with Crippen LogP contribution in [-0.4, -0.2) is 23.6 Å². The van der Waals surface area contributed by atoms with Crippen molar-refractivity contribution in [1.29, 1.82) is 0 Å². The van der Waals surface area contributed by atoms with Gasteiger partial charge in [0, 0.05) is 24.6 Å². The van der Waals surface area contributed by atoms with Crippen molar-refractivity contribution in [3.63, 3.8) is 0 Å². The van der Waals surface area contributed by atoms with Gasteiger partial charge in [-0.15, -0.1) is 0 Å². The van der Waals surface area contributed by atoms with Gasteiger partial charge >= 0.3 is 0 Å². The Morgan fingerprint density at radius 2 is 1.96 bits per heavy atom. The first-order valence-corrected chi connectivity index (χ1v) is 10.1. The number of ether oxygens (including phenoxy) is 2. The fraction of sp³-hybridized carbons (Fsp3) is 0.478. The molecule has 0 N–H and O–H groups in total. The van der Waals surface area contributed by atoms with E-state index in [2.05, 4.69) is 13.8 Å². The van der Waals surface area contributed by atoms with Crippen LogP contribution in [0.3, 0.4) is 0 Å². The first-order valence-electron chi connectivity index (χ1n) is 10.1. The molecule has 3 heterocycles. The van der Waals surface area contributed by atoms with E-state index < -0.39 is 0 Å². The number of hydrogen-bond donors (Lipinski definition) is 0.